The molecule has 1 aliphatic rings. The standard InChI is InChI=1S/C19H24N4O/c1-14(23-11-10-15-6-3-4-9-18(15)23)13-21-19(20)22-16-7-5-8-17(12-16)24-2/h3-9,12,14H,10-11,13H2,1-2H3,(H3,20,21,22). The van der Waals surface area contributed by atoms with E-state index in [4.69, 9.17) is 10.5 Å². The summed E-state index contributed by atoms with van der Waals surface area (Å²) in [6.45, 7) is 3.88. The fourth-order valence-electron chi connectivity index (χ4n) is 3.04. The Morgan fingerprint density at radius 2 is 2.12 bits per heavy atom. The van der Waals surface area contributed by atoms with E-state index in [1.165, 1.54) is 11.3 Å². The van der Waals surface area contributed by atoms with Gasteiger partial charge in [-0.15, -0.1) is 0 Å². The molecule has 2 aromatic carbocycles. The predicted octanol–water partition coefficient (Wildman–Crippen LogP) is 2.87. The zero-order valence-electron chi connectivity index (χ0n) is 14.2. The van der Waals surface area contributed by atoms with E-state index in [1.807, 2.05) is 24.3 Å². The van der Waals surface area contributed by atoms with Gasteiger partial charge in [0.05, 0.1) is 13.7 Å². The second kappa shape index (κ2) is 7.25. The molecule has 0 spiro atoms. The van der Waals surface area contributed by atoms with Crippen LogP contribution in [0.25, 0.3) is 0 Å². The van der Waals surface area contributed by atoms with Crippen LogP contribution >= 0.6 is 0 Å². The van der Waals surface area contributed by atoms with Crippen LogP contribution in [0.4, 0.5) is 11.4 Å². The molecule has 1 heterocycles. The third-order valence-electron chi connectivity index (χ3n) is 4.32. The van der Waals surface area contributed by atoms with E-state index in [0.29, 0.717) is 18.5 Å². The zero-order valence-corrected chi connectivity index (χ0v) is 14.2. The van der Waals surface area contributed by atoms with E-state index in [2.05, 4.69) is 46.4 Å². The van der Waals surface area contributed by atoms with Gasteiger partial charge in [0.25, 0.3) is 0 Å². The van der Waals surface area contributed by atoms with Gasteiger partial charge in [-0.25, -0.2) is 0 Å². The maximum absolute atomic E-state index is 6.02. The van der Waals surface area contributed by atoms with Crippen LogP contribution in [-0.2, 0) is 6.42 Å². The maximum Gasteiger partial charge on any atom is 0.193 e. The number of nitrogens with zero attached hydrogens (tertiary/aromatic N) is 2. The smallest absolute Gasteiger partial charge is 0.193 e. The number of hydrogen-bond donors (Lipinski definition) is 2. The summed E-state index contributed by atoms with van der Waals surface area (Å²) in [7, 11) is 1.64. The second-order valence-corrected chi connectivity index (χ2v) is 6.00. The number of guanidine groups is 1. The molecular weight excluding hydrogens is 300 g/mol. The highest BCUT2D eigenvalue weighted by Gasteiger charge is 2.22. The number of rotatable bonds is 5. The first kappa shape index (κ1) is 16.2. The second-order valence-electron chi connectivity index (χ2n) is 6.00. The Morgan fingerprint density at radius 1 is 1.29 bits per heavy atom. The fourth-order valence-corrected chi connectivity index (χ4v) is 3.04. The number of fused-ring (bicyclic) bond motifs is 1. The van der Waals surface area contributed by atoms with E-state index in [0.717, 1.165) is 24.4 Å². The zero-order chi connectivity index (χ0) is 16.9. The number of nitrogens with two attached hydrogens (primary N) is 1. The molecule has 2 aromatic rings. The van der Waals surface area contributed by atoms with Crippen molar-refractivity contribution in [3.05, 3.63) is 54.1 Å². The highest BCUT2D eigenvalue weighted by Crippen LogP contribution is 2.29. The molecule has 0 fully saturated rings. The molecule has 3 rings (SSSR count). The van der Waals surface area contributed by atoms with E-state index in [9.17, 15) is 0 Å². The number of hydrogen-bond acceptors (Lipinski definition) is 3. The lowest BCUT2D eigenvalue weighted by Gasteiger charge is -2.26. The van der Waals surface area contributed by atoms with Gasteiger partial charge in [-0.1, -0.05) is 24.3 Å². The molecule has 3 N–H and O–H groups in total. The van der Waals surface area contributed by atoms with Gasteiger partial charge in [0, 0.05) is 30.0 Å². The van der Waals surface area contributed by atoms with Crippen LogP contribution in [0.1, 0.15) is 12.5 Å². The van der Waals surface area contributed by atoms with Crippen molar-refractivity contribution < 1.29 is 4.74 Å². The van der Waals surface area contributed by atoms with Crippen LogP contribution in [0, 0.1) is 0 Å². The molecule has 0 aliphatic carbocycles. The first-order valence-electron chi connectivity index (χ1n) is 8.23. The molecule has 0 radical (unpaired) electrons. The van der Waals surface area contributed by atoms with Crippen molar-refractivity contribution in [1.82, 2.24) is 0 Å². The molecule has 24 heavy (non-hydrogen) atoms. The highest BCUT2D eigenvalue weighted by molar-refractivity contribution is 5.92. The van der Waals surface area contributed by atoms with Crippen LogP contribution in [0.3, 0.4) is 0 Å². The van der Waals surface area contributed by atoms with Crippen molar-refractivity contribution in [3.8, 4) is 5.75 Å². The molecule has 126 valence electrons. The molecule has 1 aliphatic heterocycles. The number of benzene rings is 2. The Labute approximate surface area is 143 Å². The van der Waals surface area contributed by atoms with Crippen LogP contribution < -0.4 is 20.7 Å². The van der Waals surface area contributed by atoms with Crippen LogP contribution in [0.5, 0.6) is 5.75 Å². The summed E-state index contributed by atoms with van der Waals surface area (Å²) >= 11 is 0. The lowest BCUT2D eigenvalue weighted by molar-refractivity contribution is 0.415. The van der Waals surface area contributed by atoms with Gasteiger partial charge in [0.15, 0.2) is 5.96 Å². The van der Waals surface area contributed by atoms with Gasteiger partial charge in [-0.2, -0.15) is 0 Å². The van der Waals surface area contributed by atoms with Gasteiger partial charge in [0.2, 0.25) is 0 Å². The van der Waals surface area contributed by atoms with Crippen molar-refractivity contribution in [2.45, 2.75) is 19.4 Å². The lowest BCUT2D eigenvalue weighted by atomic mass is 10.2. The summed E-state index contributed by atoms with van der Waals surface area (Å²) in [5.74, 6) is 1.21. The SMILES string of the molecule is COc1cccc(NC(N)=NCC(C)N2CCc3ccccc32)c1. The van der Waals surface area contributed by atoms with Crippen molar-refractivity contribution in [1.29, 1.82) is 0 Å². The first-order chi connectivity index (χ1) is 11.7. The van der Waals surface area contributed by atoms with Gasteiger partial charge in [0.1, 0.15) is 5.75 Å². The summed E-state index contributed by atoms with van der Waals surface area (Å²) in [6, 6.07) is 16.5. The minimum absolute atomic E-state index is 0.305. The predicted molar refractivity (Wildman–Crippen MR) is 100 cm³/mol. The summed E-state index contributed by atoms with van der Waals surface area (Å²) in [5.41, 5.74) is 9.62. The largest absolute Gasteiger partial charge is 0.497 e. The molecule has 5 heteroatoms. The summed E-state index contributed by atoms with van der Waals surface area (Å²) in [6.07, 6.45) is 1.10. The number of nitrogens with one attached hydrogen (secondary N) is 1. The number of anilines is 2. The quantitative estimate of drug-likeness (QED) is 0.656. The Hall–Kier alpha value is -2.69. The van der Waals surface area contributed by atoms with E-state index in [1.54, 1.807) is 7.11 Å². The monoisotopic (exact) mass is 324 g/mol. The third-order valence-corrected chi connectivity index (χ3v) is 4.32. The molecule has 0 amide bonds. The van der Waals surface area contributed by atoms with Gasteiger partial charge >= 0.3 is 0 Å². The normalized spacial score (nSPS) is 15.1. The minimum Gasteiger partial charge on any atom is -0.497 e. The molecule has 0 saturated heterocycles. The summed E-state index contributed by atoms with van der Waals surface area (Å²) in [5, 5.41) is 3.11. The third kappa shape index (κ3) is 3.62. The topological polar surface area (TPSA) is 62.9 Å². The van der Waals surface area contributed by atoms with Crippen molar-refractivity contribution >= 4 is 17.3 Å². The molecule has 1 atom stereocenters. The number of ether oxygens (including phenoxy) is 1. The average Bonchev–Trinajstić information content (AvgIpc) is 3.04. The first-order valence-corrected chi connectivity index (χ1v) is 8.23. The number of aliphatic imine (C=N–C) groups is 1. The van der Waals surface area contributed by atoms with Crippen molar-refractivity contribution in [2.75, 3.05) is 30.4 Å². The van der Waals surface area contributed by atoms with Gasteiger partial charge < -0.3 is 20.7 Å². The maximum atomic E-state index is 6.02. The van der Waals surface area contributed by atoms with E-state index >= 15 is 0 Å². The van der Waals surface area contributed by atoms with Crippen LogP contribution in [0.15, 0.2) is 53.5 Å². The molecule has 0 aromatic heterocycles. The Balaban J connectivity index is 1.60. The molecule has 1 unspecified atom stereocenters. The summed E-state index contributed by atoms with van der Waals surface area (Å²) < 4.78 is 5.21. The Morgan fingerprint density at radius 3 is 2.96 bits per heavy atom. The van der Waals surface area contributed by atoms with Crippen molar-refractivity contribution in [3.63, 3.8) is 0 Å². The number of methoxy groups -OCH3 is 1. The van der Waals surface area contributed by atoms with Gasteiger partial charge in [-0.3, -0.25) is 4.99 Å². The van der Waals surface area contributed by atoms with Crippen LogP contribution in [0.2, 0.25) is 0 Å². The minimum atomic E-state index is 0.305. The Kier molecular flexibility index (Phi) is 4.89. The number of para-hydroxylation sites is 1. The molecule has 5 nitrogen and oxygen atoms in total. The Bertz CT molecular complexity index is 729. The fraction of sp³-hybridized carbons (Fsp3) is 0.316. The van der Waals surface area contributed by atoms with E-state index in [-0.39, 0.29) is 0 Å². The molecule has 0 bridgehead atoms. The lowest BCUT2D eigenvalue weighted by Crippen LogP contribution is -2.35. The average molecular weight is 324 g/mol. The summed E-state index contributed by atoms with van der Waals surface area (Å²) in [4.78, 5) is 6.89. The van der Waals surface area contributed by atoms with Crippen molar-refractivity contribution in [2.24, 2.45) is 10.7 Å². The van der Waals surface area contributed by atoms with E-state index < -0.39 is 0 Å². The molecule has 0 saturated carbocycles. The molecular formula is C19H24N4O. The van der Waals surface area contributed by atoms with Gasteiger partial charge in [-0.05, 0) is 37.1 Å². The van der Waals surface area contributed by atoms with Crippen LogP contribution in [-0.4, -0.2) is 32.2 Å². The highest BCUT2D eigenvalue weighted by atomic mass is 16.5.